The van der Waals surface area contributed by atoms with Crippen LogP contribution in [0, 0.1) is 25.6 Å². The molecule has 8 nitrogen and oxygen atoms in total. The third kappa shape index (κ3) is 4.37. The van der Waals surface area contributed by atoms with Crippen molar-refractivity contribution in [3.8, 4) is 5.75 Å². The molecule has 0 spiro atoms. The van der Waals surface area contributed by atoms with E-state index in [-0.39, 0.29) is 16.9 Å². The number of hydrogen-bond acceptors (Lipinski definition) is 6. The molecule has 0 radical (unpaired) electrons. The van der Waals surface area contributed by atoms with Crippen molar-refractivity contribution in [2.75, 3.05) is 0 Å². The molecule has 2 aromatic carbocycles. The molecule has 0 saturated carbocycles. The summed E-state index contributed by atoms with van der Waals surface area (Å²) in [6.07, 6.45) is 0. The van der Waals surface area contributed by atoms with E-state index in [9.17, 15) is 20.2 Å². The van der Waals surface area contributed by atoms with E-state index in [1.165, 1.54) is 6.07 Å². The maximum Gasteiger partial charge on any atom is 0.321 e. The summed E-state index contributed by atoms with van der Waals surface area (Å²) < 4.78 is 0. The Kier molecular flexibility index (Phi) is 5.11. The molecular formula is C17H17N3O5. The Balaban J connectivity index is 2.44. The average molecular weight is 343 g/mol. The van der Waals surface area contributed by atoms with E-state index in [0.717, 1.165) is 17.7 Å². The number of hydrogen-bond donors (Lipinski definition) is 0. The average Bonchev–Trinajstić information content (AvgIpc) is 2.54. The van der Waals surface area contributed by atoms with Gasteiger partial charge >= 0.3 is 5.69 Å². The van der Waals surface area contributed by atoms with Gasteiger partial charge in [-0.15, -0.1) is 0 Å². The molecule has 0 aliphatic rings. The van der Waals surface area contributed by atoms with E-state index in [2.05, 4.69) is 5.16 Å². The van der Waals surface area contributed by atoms with Crippen LogP contribution in [0.3, 0.4) is 0 Å². The zero-order chi connectivity index (χ0) is 18.6. The third-order valence-electron chi connectivity index (χ3n) is 3.34. The number of nitro groups is 2. The molecule has 0 heterocycles. The number of non-ortho nitro benzene ring substituents is 1. The highest BCUT2D eigenvalue weighted by Crippen LogP contribution is 2.32. The highest BCUT2D eigenvalue weighted by Gasteiger charge is 2.24. The second kappa shape index (κ2) is 7.08. The predicted molar refractivity (Wildman–Crippen MR) is 92.8 cm³/mol. The van der Waals surface area contributed by atoms with Gasteiger partial charge in [-0.25, -0.2) is 0 Å². The fraction of sp³-hybridized carbons (Fsp3) is 0.235. The fourth-order valence-electron chi connectivity index (χ4n) is 2.15. The van der Waals surface area contributed by atoms with Gasteiger partial charge in [-0.1, -0.05) is 56.3 Å². The summed E-state index contributed by atoms with van der Waals surface area (Å²) in [6.45, 7) is 5.81. The van der Waals surface area contributed by atoms with Crippen molar-refractivity contribution in [3.63, 3.8) is 0 Å². The van der Waals surface area contributed by atoms with E-state index < -0.39 is 15.5 Å². The van der Waals surface area contributed by atoms with Gasteiger partial charge in [0.2, 0.25) is 5.75 Å². The lowest BCUT2D eigenvalue weighted by atomic mass is 9.86. The van der Waals surface area contributed by atoms with Gasteiger partial charge in [-0.05, 0) is 11.6 Å². The molecule has 0 aliphatic carbocycles. The van der Waals surface area contributed by atoms with Crippen molar-refractivity contribution in [2.45, 2.75) is 20.8 Å². The molecule has 0 aromatic heterocycles. The molecule has 0 unspecified atom stereocenters. The smallest absolute Gasteiger partial charge is 0.321 e. The van der Waals surface area contributed by atoms with E-state index in [4.69, 9.17) is 4.84 Å². The van der Waals surface area contributed by atoms with Crippen LogP contribution in [-0.2, 0) is 0 Å². The molecule has 0 amide bonds. The van der Waals surface area contributed by atoms with Crippen molar-refractivity contribution >= 4 is 17.1 Å². The first kappa shape index (κ1) is 18.1. The van der Waals surface area contributed by atoms with Crippen LogP contribution in [-0.4, -0.2) is 15.6 Å². The zero-order valence-corrected chi connectivity index (χ0v) is 14.0. The molecule has 0 atom stereocenters. The van der Waals surface area contributed by atoms with Gasteiger partial charge in [0.1, 0.15) is 0 Å². The van der Waals surface area contributed by atoms with Crippen LogP contribution in [0.1, 0.15) is 26.3 Å². The van der Waals surface area contributed by atoms with Crippen molar-refractivity contribution in [1.29, 1.82) is 0 Å². The molecule has 130 valence electrons. The van der Waals surface area contributed by atoms with Gasteiger partial charge in [-0.2, -0.15) is 0 Å². The van der Waals surface area contributed by atoms with Crippen LogP contribution < -0.4 is 4.84 Å². The Hall–Kier alpha value is -3.29. The predicted octanol–water partition coefficient (Wildman–Crippen LogP) is 4.33. The Labute approximate surface area is 144 Å². The van der Waals surface area contributed by atoms with Gasteiger partial charge in [0.05, 0.1) is 21.6 Å². The quantitative estimate of drug-likeness (QED) is 0.456. The molecule has 0 N–H and O–H groups in total. The van der Waals surface area contributed by atoms with Crippen LogP contribution in [0.15, 0.2) is 53.7 Å². The van der Waals surface area contributed by atoms with E-state index >= 15 is 0 Å². The molecule has 2 rings (SSSR count). The lowest BCUT2D eigenvalue weighted by Crippen LogP contribution is -2.22. The SMILES string of the molecule is CC(C)(C)C(=NOc1ccc([N+](=O)[O-])cc1[N+](=O)[O-])c1ccccc1. The van der Waals surface area contributed by atoms with Gasteiger partial charge in [0.15, 0.2) is 0 Å². The fourth-order valence-corrected chi connectivity index (χ4v) is 2.15. The summed E-state index contributed by atoms with van der Waals surface area (Å²) in [5.74, 6) is -0.159. The first-order valence-corrected chi connectivity index (χ1v) is 7.44. The van der Waals surface area contributed by atoms with E-state index in [0.29, 0.717) is 5.71 Å². The van der Waals surface area contributed by atoms with Crippen LogP contribution in [0.25, 0.3) is 0 Å². The number of oxime groups is 1. The normalized spacial score (nSPS) is 11.9. The molecule has 0 saturated heterocycles. The molecule has 0 fully saturated rings. The largest absolute Gasteiger partial charge is 0.349 e. The van der Waals surface area contributed by atoms with Gasteiger partial charge in [-0.3, -0.25) is 20.2 Å². The molecule has 25 heavy (non-hydrogen) atoms. The lowest BCUT2D eigenvalue weighted by Gasteiger charge is -2.20. The Morgan fingerprint density at radius 3 is 2.16 bits per heavy atom. The highest BCUT2D eigenvalue weighted by molar-refractivity contribution is 6.03. The van der Waals surface area contributed by atoms with Crippen LogP contribution in [0.5, 0.6) is 5.75 Å². The number of rotatable bonds is 5. The third-order valence-corrected chi connectivity index (χ3v) is 3.34. The van der Waals surface area contributed by atoms with Gasteiger partial charge < -0.3 is 4.84 Å². The standard InChI is InChI=1S/C17H17N3O5/c1-17(2,3)16(12-7-5-4-6-8-12)18-25-15-10-9-13(19(21)22)11-14(15)20(23)24/h4-11H,1-3H3. The summed E-state index contributed by atoms with van der Waals surface area (Å²) >= 11 is 0. The van der Waals surface area contributed by atoms with E-state index in [1.54, 1.807) is 0 Å². The minimum Gasteiger partial charge on any atom is -0.349 e. The van der Waals surface area contributed by atoms with Gasteiger partial charge in [0, 0.05) is 11.5 Å². The van der Waals surface area contributed by atoms with Crippen LogP contribution in [0.2, 0.25) is 0 Å². The maximum atomic E-state index is 11.2. The Morgan fingerprint density at radius 2 is 1.64 bits per heavy atom. The Bertz CT molecular complexity index is 826. The minimum absolute atomic E-state index is 0.159. The highest BCUT2D eigenvalue weighted by atomic mass is 16.7. The maximum absolute atomic E-state index is 11.2. The van der Waals surface area contributed by atoms with Gasteiger partial charge in [0.25, 0.3) is 5.69 Å². The second-order valence-electron chi connectivity index (χ2n) is 6.31. The topological polar surface area (TPSA) is 108 Å². The second-order valence-corrected chi connectivity index (χ2v) is 6.31. The summed E-state index contributed by atoms with van der Waals surface area (Å²) in [5.41, 5.74) is 0.137. The molecule has 0 aliphatic heterocycles. The van der Waals surface area contributed by atoms with Crippen molar-refractivity contribution in [3.05, 3.63) is 74.3 Å². The molecule has 8 heteroatoms. The minimum atomic E-state index is -0.739. The summed E-state index contributed by atoms with van der Waals surface area (Å²) in [5, 5.41) is 26.0. The monoisotopic (exact) mass is 343 g/mol. The molecular weight excluding hydrogens is 326 g/mol. The van der Waals surface area contributed by atoms with Crippen molar-refractivity contribution in [1.82, 2.24) is 0 Å². The summed E-state index contributed by atoms with van der Waals surface area (Å²) in [6, 6.07) is 12.4. The van der Waals surface area contributed by atoms with Crippen molar-refractivity contribution < 1.29 is 14.7 Å². The van der Waals surface area contributed by atoms with Crippen LogP contribution in [0.4, 0.5) is 11.4 Å². The molecule has 0 bridgehead atoms. The summed E-state index contributed by atoms with van der Waals surface area (Å²) in [7, 11) is 0. The summed E-state index contributed by atoms with van der Waals surface area (Å²) in [4.78, 5) is 25.8. The number of nitro benzene ring substituents is 2. The Morgan fingerprint density at radius 1 is 1.00 bits per heavy atom. The van der Waals surface area contributed by atoms with Crippen LogP contribution >= 0.6 is 0 Å². The van der Waals surface area contributed by atoms with Crippen molar-refractivity contribution in [2.24, 2.45) is 10.6 Å². The number of nitrogens with zero attached hydrogens (tertiary/aromatic N) is 3. The molecule has 2 aromatic rings. The number of benzene rings is 2. The lowest BCUT2D eigenvalue weighted by molar-refractivity contribution is -0.394. The van der Waals surface area contributed by atoms with E-state index in [1.807, 2.05) is 51.1 Å². The zero-order valence-electron chi connectivity index (χ0n) is 14.0. The first-order chi connectivity index (χ1) is 11.7. The first-order valence-electron chi connectivity index (χ1n) is 7.44.